The van der Waals surface area contributed by atoms with E-state index in [0.29, 0.717) is 11.1 Å². The molecule has 3 aromatic rings. The van der Waals surface area contributed by atoms with E-state index in [1.807, 2.05) is 37.3 Å². The molecular formula is C18H17FN2O. The monoisotopic (exact) mass is 296 g/mol. The van der Waals surface area contributed by atoms with E-state index in [1.165, 1.54) is 12.1 Å². The summed E-state index contributed by atoms with van der Waals surface area (Å²) in [5.74, 6) is -0.499. The molecule has 1 unspecified atom stereocenters. The van der Waals surface area contributed by atoms with Crippen LogP contribution in [0.2, 0.25) is 0 Å². The predicted octanol–water partition coefficient (Wildman–Crippen LogP) is 4.19. The van der Waals surface area contributed by atoms with Crippen LogP contribution >= 0.6 is 0 Å². The highest BCUT2D eigenvalue weighted by Gasteiger charge is 2.15. The average Bonchev–Trinajstić information content (AvgIpc) is 2.96. The van der Waals surface area contributed by atoms with Gasteiger partial charge >= 0.3 is 0 Å². The van der Waals surface area contributed by atoms with Gasteiger partial charge in [0.15, 0.2) is 0 Å². The van der Waals surface area contributed by atoms with Crippen LogP contribution in [0, 0.1) is 5.82 Å². The lowest BCUT2D eigenvalue weighted by molar-refractivity contribution is 0.0931. The van der Waals surface area contributed by atoms with Gasteiger partial charge in [-0.1, -0.05) is 37.3 Å². The molecule has 2 aromatic carbocycles. The smallest absolute Gasteiger partial charge is 0.268 e. The number of benzene rings is 2. The molecule has 1 amide bonds. The quantitative estimate of drug-likeness (QED) is 0.745. The van der Waals surface area contributed by atoms with Crippen LogP contribution in [0.15, 0.2) is 54.6 Å². The molecule has 3 nitrogen and oxygen atoms in total. The lowest BCUT2D eigenvalue weighted by Crippen LogP contribution is -2.28. The SMILES string of the molecule is CCC(NC(=O)c1cc2cc(F)ccc2[nH]1)c1ccccc1. The molecule has 1 atom stereocenters. The molecular weight excluding hydrogens is 279 g/mol. The van der Waals surface area contributed by atoms with Crippen LogP contribution in [0.4, 0.5) is 4.39 Å². The zero-order valence-corrected chi connectivity index (χ0v) is 12.3. The number of nitrogens with one attached hydrogen (secondary N) is 2. The fraction of sp³-hybridized carbons (Fsp3) is 0.167. The molecule has 0 aliphatic rings. The van der Waals surface area contributed by atoms with Crippen LogP contribution in [0.25, 0.3) is 10.9 Å². The number of H-pyrrole nitrogens is 1. The number of amides is 1. The van der Waals surface area contributed by atoms with Gasteiger partial charge in [0.05, 0.1) is 6.04 Å². The van der Waals surface area contributed by atoms with Gasteiger partial charge in [0.2, 0.25) is 0 Å². The third-order valence-electron chi connectivity index (χ3n) is 3.74. The number of carbonyl (C=O) groups excluding carboxylic acids is 1. The molecule has 2 N–H and O–H groups in total. The zero-order chi connectivity index (χ0) is 15.5. The largest absolute Gasteiger partial charge is 0.351 e. The Morgan fingerprint density at radius 3 is 2.68 bits per heavy atom. The number of hydrogen-bond donors (Lipinski definition) is 2. The van der Waals surface area contributed by atoms with E-state index >= 15 is 0 Å². The van der Waals surface area contributed by atoms with E-state index in [1.54, 1.807) is 12.1 Å². The minimum absolute atomic E-state index is 0.0446. The molecule has 3 rings (SSSR count). The van der Waals surface area contributed by atoms with Gasteiger partial charge in [0.25, 0.3) is 5.91 Å². The Labute approximate surface area is 128 Å². The molecule has 0 radical (unpaired) electrons. The van der Waals surface area contributed by atoms with Crippen molar-refractivity contribution in [1.82, 2.24) is 10.3 Å². The first-order valence-electron chi connectivity index (χ1n) is 7.31. The van der Waals surface area contributed by atoms with Crippen molar-refractivity contribution in [3.63, 3.8) is 0 Å². The first-order valence-corrected chi connectivity index (χ1v) is 7.31. The van der Waals surface area contributed by atoms with Crippen molar-refractivity contribution in [2.45, 2.75) is 19.4 Å². The Morgan fingerprint density at radius 1 is 1.18 bits per heavy atom. The van der Waals surface area contributed by atoms with Gasteiger partial charge in [-0.25, -0.2) is 4.39 Å². The fourth-order valence-electron chi connectivity index (χ4n) is 2.57. The number of rotatable bonds is 4. The summed E-state index contributed by atoms with van der Waals surface area (Å²) in [6.45, 7) is 2.03. The maximum Gasteiger partial charge on any atom is 0.268 e. The van der Waals surface area contributed by atoms with Crippen molar-refractivity contribution >= 4 is 16.8 Å². The van der Waals surface area contributed by atoms with Crippen LogP contribution < -0.4 is 5.32 Å². The Bertz CT molecular complexity index is 795. The molecule has 0 fully saturated rings. The number of halogens is 1. The molecule has 0 aliphatic carbocycles. The fourth-order valence-corrected chi connectivity index (χ4v) is 2.57. The molecule has 22 heavy (non-hydrogen) atoms. The Balaban J connectivity index is 1.83. The number of aromatic amines is 1. The topological polar surface area (TPSA) is 44.9 Å². The summed E-state index contributed by atoms with van der Waals surface area (Å²) < 4.78 is 13.2. The van der Waals surface area contributed by atoms with Gasteiger partial charge in [-0.2, -0.15) is 0 Å². The second-order valence-corrected chi connectivity index (χ2v) is 5.26. The third kappa shape index (κ3) is 2.86. The molecule has 1 aromatic heterocycles. The van der Waals surface area contributed by atoms with E-state index in [4.69, 9.17) is 0 Å². The van der Waals surface area contributed by atoms with Gasteiger partial charge in [0, 0.05) is 10.9 Å². The second kappa shape index (κ2) is 6.02. The van der Waals surface area contributed by atoms with Gasteiger partial charge in [-0.05, 0) is 36.2 Å². The lowest BCUT2D eigenvalue weighted by atomic mass is 10.0. The van der Waals surface area contributed by atoms with Crippen molar-refractivity contribution in [2.75, 3.05) is 0 Å². The van der Waals surface area contributed by atoms with E-state index in [-0.39, 0.29) is 17.8 Å². The highest BCUT2D eigenvalue weighted by Crippen LogP contribution is 2.19. The van der Waals surface area contributed by atoms with Crippen LogP contribution in [0.1, 0.15) is 35.4 Å². The minimum Gasteiger partial charge on any atom is -0.351 e. The number of hydrogen-bond acceptors (Lipinski definition) is 1. The van der Waals surface area contributed by atoms with E-state index in [9.17, 15) is 9.18 Å². The summed E-state index contributed by atoms with van der Waals surface area (Å²) in [6, 6.07) is 15.9. The van der Waals surface area contributed by atoms with Gasteiger partial charge in [-0.15, -0.1) is 0 Å². The normalized spacial score (nSPS) is 12.3. The Kier molecular flexibility index (Phi) is 3.92. The van der Waals surface area contributed by atoms with Gasteiger partial charge < -0.3 is 10.3 Å². The molecule has 4 heteroatoms. The Hall–Kier alpha value is -2.62. The maximum atomic E-state index is 13.2. The van der Waals surface area contributed by atoms with E-state index in [0.717, 1.165) is 17.5 Å². The molecule has 0 spiro atoms. The third-order valence-corrected chi connectivity index (χ3v) is 3.74. The summed E-state index contributed by atoms with van der Waals surface area (Å²) >= 11 is 0. The minimum atomic E-state index is -0.311. The summed E-state index contributed by atoms with van der Waals surface area (Å²) in [5, 5.41) is 3.70. The van der Waals surface area contributed by atoms with Crippen LogP contribution in [-0.2, 0) is 0 Å². The van der Waals surface area contributed by atoms with E-state index in [2.05, 4.69) is 10.3 Å². The number of carbonyl (C=O) groups is 1. The summed E-state index contributed by atoms with van der Waals surface area (Å²) in [5.41, 5.74) is 2.26. The van der Waals surface area contributed by atoms with Crippen molar-refractivity contribution in [3.8, 4) is 0 Å². The predicted molar refractivity (Wildman–Crippen MR) is 85.2 cm³/mol. The standard InChI is InChI=1S/C18H17FN2O/c1-2-15(12-6-4-3-5-7-12)21-18(22)17-11-13-10-14(19)8-9-16(13)20-17/h3-11,15,20H,2H2,1H3,(H,21,22). The molecule has 0 saturated carbocycles. The van der Waals surface area contributed by atoms with Crippen LogP contribution in [-0.4, -0.2) is 10.9 Å². The highest BCUT2D eigenvalue weighted by atomic mass is 19.1. The number of aromatic nitrogens is 1. The average molecular weight is 296 g/mol. The Morgan fingerprint density at radius 2 is 1.95 bits per heavy atom. The van der Waals surface area contributed by atoms with E-state index < -0.39 is 0 Å². The maximum absolute atomic E-state index is 13.2. The van der Waals surface area contributed by atoms with Gasteiger partial charge in [-0.3, -0.25) is 4.79 Å². The van der Waals surface area contributed by atoms with Crippen molar-refractivity contribution in [2.24, 2.45) is 0 Å². The van der Waals surface area contributed by atoms with Crippen molar-refractivity contribution < 1.29 is 9.18 Å². The molecule has 112 valence electrons. The summed E-state index contributed by atoms with van der Waals surface area (Å²) in [7, 11) is 0. The van der Waals surface area contributed by atoms with Crippen LogP contribution in [0.5, 0.6) is 0 Å². The molecule has 0 bridgehead atoms. The van der Waals surface area contributed by atoms with Crippen LogP contribution in [0.3, 0.4) is 0 Å². The lowest BCUT2D eigenvalue weighted by Gasteiger charge is -2.16. The summed E-state index contributed by atoms with van der Waals surface area (Å²) in [4.78, 5) is 15.4. The molecule has 1 heterocycles. The summed E-state index contributed by atoms with van der Waals surface area (Å²) in [6.07, 6.45) is 0.796. The van der Waals surface area contributed by atoms with Crippen molar-refractivity contribution in [3.05, 3.63) is 71.7 Å². The first-order chi connectivity index (χ1) is 10.7. The zero-order valence-electron chi connectivity index (χ0n) is 12.3. The highest BCUT2D eigenvalue weighted by molar-refractivity contribution is 5.98. The van der Waals surface area contributed by atoms with Crippen molar-refractivity contribution in [1.29, 1.82) is 0 Å². The molecule has 0 saturated heterocycles. The van der Waals surface area contributed by atoms with Gasteiger partial charge in [0.1, 0.15) is 11.5 Å². The second-order valence-electron chi connectivity index (χ2n) is 5.26. The first kappa shape index (κ1) is 14.3. The number of fused-ring (bicyclic) bond motifs is 1. The molecule has 0 aliphatic heterocycles.